The third-order valence-electron chi connectivity index (χ3n) is 3.05. The molecule has 0 atom stereocenters. The van der Waals surface area contributed by atoms with E-state index in [9.17, 15) is 0 Å². The van der Waals surface area contributed by atoms with Gasteiger partial charge in [0.2, 0.25) is 0 Å². The van der Waals surface area contributed by atoms with E-state index in [0.717, 1.165) is 22.5 Å². The van der Waals surface area contributed by atoms with E-state index in [1.165, 1.54) is 11.7 Å². The number of aromatic nitrogens is 3. The molecular formula is C17H14N4OS2. The zero-order chi connectivity index (χ0) is 16.8. The van der Waals surface area contributed by atoms with Crippen molar-refractivity contribution in [1.29, 1.82) is 0 Å². The highest BCUT2D eigenvalue weighted by atomic mass is 32.1. The molecule has 4 aromatic rings. The number of anilines is 1. The molecule has 2 aromatic heterocycles. The number of nitrogens with two attached hydrogens (primary N) is 1. The highest BCUT2D eigenvalue weighted by Gasteiger charge is 1.98. The topological polar surface area (TPSA) is 76.8 Å². The molecule has 0 bridgehead atoms. The molecule has 0 fully saturated rings. The normalized spacial score (nSPS) is 10.0. The van der Waals surface area contributed by atoms with Crippen LogP contribution in [0.2, 0.25) is 0 Å². The van der Waals surface area contributed by atoms with Crippen molar-refractivity contribution in [3.63, 3.8) is 0 Å². The average molecular weight is 354 g/mol. The van der Waals surface area contributed by atoms with Crippen molar-refractivity contribution in [1.82, 2.24) is 13.7 Å². The highest BCUT2D eigenvalue weighted by molar-refractivity contribution is 7.71. The third-order valence-corrected chi connectivity index (χ3v) is 3.85. The molecule has 0 aliphatic heterocycles. The third kappa shape index (κ3) is 4.15. The lowest BCUT2D eigenvalue weighted by molar-refractivity contribution is 0.480. The molecule has 0 aliphatic carbocycles. The summed E-state index contributed by atoms with van der Waals surface area (Å²) in [6.07, 6.45) is 1.75. The van der Waals surface area contributed by atoms with Crippen LogP contribution in [-0.2, 0) is 0 Å². The second-order valence-corrected chi connectivity index (χ2v) is 5.75. The van der Waals surface area contributed by atoms with Crippen molar-refractivity contribution < 1.29 is 4.74 Å². The highest BCUT2D eigenvalue weighted by Crippen LogP contribution is 2.19. The number of benzene rings is 2. The van der Waals surface area contributed by atoms with E-state index in [0.29, 0.717) is 10.3 Å². The maximum Gasteiger partial charge on any atom is 0.143 e. The Bertz CT molecular complexity index is 962. The van der Waals surface area contributed by atoms with Gasteiger partial charge in [-0.25, -0.2) is 0 Å². The Morgan fingerprint density at radius 2 is 1.75 bits per heavy atom. The first-order valence-corrected chi connectivity index (χ1v) is 8.24. The second kappa shape index (κ2) is 7.67. The summed E-state index contributed by atoms with van der Waals surface area (Å²) in [4.78, 5) is 2.91. The molecule has 2 aromatic carbocycles. The Morgan fingerprint density at radius 1 is 0.917 bits per heavy atom. The molecule has 4 rings (SSSR count). The van der Waals surface area contributed by atoms with E-state index < -0.39 is 0 Å². The fraction of sp³-hybridized carbons (Fsp3) is 0. The summed E-state index contributed by atoms with van der Waals surface area (Å²) in [6.45, 7) is 0. The van der Waals surface area contributed by atoms with Crippen molar-refractivity contribution >= 4 is 40.7 Å². The smallest absolute Gasteiger partial charge is 0.143 e. The van der Waals surface area contributed by atoms with Gasteiger partial charge in [-0.1, -0.05) is 36.5 Å². The number of pyridine rings is 1. The minimum Gasteiger partial charge on any atom is -0.456 e. The Hall–Kier alpha value is -2.77. The largest absolute Gasteiger partial charge is 0.456 e. The van der Waals surface area contributed by atoms with Crippen LogP contribution in [0.25, 0.3) is 11.0 Å². The van der Waals surface area contributed by atoms with E-state index in [1.54, 1.807) is 12.3 Å². The van der Waals surface area contributed by atoms with Gasteiger partial charge >= 0.3 is 0 Å². The Morgan fingerprint density at radius 3 is 2.46 bits per heavy atom. The molecule has 5 nitrogen and oxygen atoms in total. The van der Waals surface area contributed by atoms with E-state index in [1.807, 2.05) is 54.6 Å². The van der Waals surface area contributed by atoms with Gasteiger partial charge in [0.25, 0.3) is 0 Å². The van der Waals surface area contributed by atoms with Crippen molar-refractivity contribution in [3.8, 4) is 11.5 Å². The fourth-order valence-electron chi connectivity index (χ4n) is 1.91. The van der Waals surface area contributed by atoms with Crippen molar-refractivity contribution in [2.45, 2.75) is 0 Å². The van der Waals surface area contributed by atoms with Crippen molar-refractivity contribution in [2.24, 2.45) is 0 Å². The van der Waals surface area contributed by atoms with Crippen LogP contribution >= 0.6 is 23.9 Å². The maximum atomic E-state index is 5.60. The van der Waals surface area contributed by atoms with Crippen LogP contribution in [0.15, 0.2) is 66.9 Å². The number of ether oxygens (including phenoxy) is 1. The Balaban J connectivity index is 0.000000149. The van der Waals surface area contributed by atoms with Gasteiger partial charge in [0.1, 0.15) is 27.2 Å². The molecule has 0 unspecified atom stereocenters. The second-order valence-electron chi connectivity index (χ2n) is 4.78. The van der Waals surface area contributed by atoms with Crippen LogP contribution in [0.4, 0.5) is 5.69 Å². The van der Waals surface area contributed by atoms with Crippen LogP contribution in [0, 0.1) is 4.64 Å². The number of nitrogens with zero attached hydrogens (tertiary/aromatic N) is 2. The zero-order valence-corrected chi connectivity index (χ0v) is 14.2. The molecule has 0 saturated heterocycles. The van der Waals surface area contributed by atoms with Gasteiger partial charge in [0.15, 0.2) is 0 Å². The Kier molecular flexibility index (Phi) is 5.15. The summed E-state index contributed by atoms with van der Waals surface area (Å²) in [5.74, 6) is 1.57. The molecule has 24 heavy (non-hydrogen) atoms. The molecule has 0 amide bonds. The first kappa shape index (κ1) is 16.1. The quantitative estimate of drug-likeness (QED) is 0.399. The van der Waals surface area contributed by atoms with Crippen LogP contribution in [0.3, 0.4) is 0 Å². The fourth-order valence-corrected chi connectivity index (χ4v) is 2.60. The molecule has 7 heteroatoms. The summed E-state index contributed by atoms with van der Waals surface area (Å²) in [7, 11) is 0. The molecule has 120 valence electrons. The summed E-state index contributed by atoms with van der Waals surface area (Å²) in [5.41, 5.74) is 8.00. The maximum absolute atomic E-state index is 5.60. The SMILES string of the molecule is Nc1cccc2nsnc12.S=c1ccc(Oc2ccccc2)c[nH]1. The van der Waals surface area contributed by atoms with E-state index in [2.05, 4.69) is 13.7 Å². The number of nitrogens with one attached hydrogen (secondary N) is 1. The number of H-pyrrole nitrogens is 1. The van der Waals surface area contributed by atoms with Crippen LogP contribution in [-0.4, -0.2) is 13.7 Å². The monoisotopic (exact) mass is 354 g/mol. The molecular weight excluding hydrogens is 340 g/mol. The van der Waals surface area contributed by atoms with E-state index in [-0.39, 0.29) is 0 Å². The number of para-hydroxylation sites is 1. The standard InChI is InChI=1S/C11H9NOS.C6H5N3S/c14-11-7-6-10(8-12-11)13-9-4-2-1-3-5-9;7-4-2-1-3-5-6(4)9-10-8-5/h1-8H,(H,12,14);1-3H,7H2. The zero-order valence-electron chi connectivity index (χ0n) is 12.5. The molecule has 2 heterocycles. The molecule has 0 saturated carbocycles. The summed E-state index contributed by atoms with van der Waals surface area (Å²) in [6, 6.07) is 18.9. The molecule has 0 aliphatic rings. The van der Waals surface area contributed by atoms with Gasteiger partial charge in [-0.05, 0) is 36.4 Å². The van der Waals surface area contributed by atoms with Gasteiger partial charge in [0, 0.05) is 6.20 Å². The van der Waals surface area contributed by atoms with Crippen LogP contribution in [0.5, 0.6) is 11.5 Å². The first-order chi connectivity index (χ1) is 11.7. The van der Waals surface area contributed by atoms with Crippen molar-refractivity contribution in [2.75, 3.05) is 5.73 Å². The number of hydrogen-bond donors (Lipinski definition) is 2. The molecule has 0 radical (unpaired) electrons. The summed E-state index contributed by atoms with van der Waals surface area (Å²) >= 11 is 6.11. The van der Waals surface area contributed by atoms with E-state index >= 15 is 0 Å². The predicted molar refractivity (Wildman–Crippen MR) is 100.0 cm³/mol. The molecule has 0 spiro atoms. The number of rotatable bonds is 2. The van der Waals surface area contributed by atoms with Gasteiger partial charge in [-0.3, -0.25) is 0 Å². The minimum absolute atomic E-state index is 0.699. The number of fused-ring (bicyclic) bond motifs is 1. The van der Waals surface area contributed by atoms with E-state index in [4.69, 9.17) is 22.7 Å². The number of nitrogen functional groups attached to an aromatic ring is 1. The lowest BCUT2D eigenvalue weighted by atomic mass is 10.3. The lowest BCUT2D eigenvalue weighted by Crippen LogP contribution is -1.84. The summed E-state index contributed by atoms with van der Waals surface area (Å²) in [5, 5.41) is 0. The summed E-state index contributed by atoms with van der Waals surface area (Å²) < 4.78 is 14.3. The first-order valence-electron chi connectivity index (χ1n) is 7.11. The van der Waals surface area contributed by atoms with Crippen LogP contribution < -0.4 is 10.5 Å². The van der Waals surface area contributed by atoms with Crippen LogP contribution in [0.1, 0.15) is 0 Å². The lowest BCUT2D eigenvalue weighted by Gasteiger charge is -2.03. The number of aromatic amines is 1. The van der Waals surface area contributed by atoms with Crippen molar-refractivity contribution in [3.05, 3.63) is 71.5 Å². The predicted octanol–water partition coefficient (Wildman–Crippen LogP) is 4.81. The van der Waals surface area contributed by atoms with Gasteiger partial charge < -0.3 is 15.5 Å². The van der Waals surface area contributed by atoms with Gasteiger partial charge in [-0.2, -0.15) is 8.75 Å². The number of hydrogen-bond acceptors (Lipinski definition) is 6. The molecule has 3 N–H and O–H groups in total. The average Bonchev–Trinajstić information content (AvgIpc) is 3.09. The van der Waals surface area contributed by atoms with Gasteiger partial charge in [-0.15, -0.1) is 0 Å². The Labute approximate surface area is 148 Å². The minimum atomic E-state index is 0.699. The van der Waals surface area contributed by atoms with Gasteiger partial charge in [0.05, 0.1) is 17.4 Å².